The minimum Gasteiger partial charge on any atom is -0.457 e. The van der Waals surface area contributed by atoms with Crippen molar-refractivity contribution in [3.8, 4) is 11.5 Å². The van der Waals surface area contributed by atoms with Crippen LogP contribution in [0.25, 0.3) is 0 Å². The van der Waals surface area contributed by atoms with Gasteiger partial charge in [0.15, 0.2) is 0 Å². The number of ether oxygens (including phenoxy) is 1. The third kappa shape index (κ3) is 2.40. The highest BCUT2D eigenvalue weighted by molar-refractivity contribution is 5.57. The van der Waals surface area contributed by atoms with Crippen LogP contribution in [0.5, 0.6) is 11.5 Å². The van der Waals surface area contributed by atoms with E-state index < -0.39 is 0 Å². The minimum atomic E-state index is 0.590. The van der Waals surface area contributed by atoms with Crippen LogP contribution in [0.4, 0.5) is 11.4 Å². The molecule has 75 valence electrons. The van der Waals surface area contributed by atoms with E-state index in [1.165, 1.54) is 0 Å². The van der Waals surface area contributed by atoms with Crippen molar-refractivity contribution in [2.75, 3.05) is 11.5 Å². The second-order valence-electron chi connectivity index (χ2n) is 3.17. The molecular weight excluding hydrogens is 188 g/mol. The fourth-order valence-electron chi connectivity index (χ4n) is 1.28. The number of rotatable bonds is 2. The quantitative estimate of drug-likeness (QED) is 0.730. The van der Waals surface area contributed by atoms with Crippen molar-refractivity contribution in [2.24, 2.45) is 0 Å². The molecule has 0 aromatic heterocycles. The summed E-state index contributed by atoms with van der Waals surface area (Å²) < 4.78 is 5.56. The van der Waals surface area contributed by atoms with Crippen LogP contribution >= 0.6 is 0 Å². The average molecular weight is 199 g/mol. The third-order valence-electron chi connectivity index (χ3n) is 1.87. The summed E-state index contributed by atoms with van der Waals surface area (Å²) in [4.78, 5) is 0. The van der Waals surface area contributed by atoms with E-state index >= 15 is 0 Å². The van der Waals surface area contributed by atoms with E-state index in [1.54, 1.807) is 30.3 Å². The number of anilines is 2. The van der Waals surface area contributed by atoms with Gasteiger partial charge < -0.3 is 16.2 Å². The molecule has 0 amide bonds. The molecule has 0 fully saturated rings. The van der Waals surface area contributed by atoms with Crippen molar-refractivity contribution in [2.45, 2.75) is 0 Å². The summed E-state index contributed by atoms with van der Waals surface area (Å²) in [5.74, 6) is 1.37. The second kappa shape index (κ2) is 3.92. The molecule has 0 unspecified atom stereocenters. The van der Waals surface area contributed by atoms with E-state index in [9.17, 15) is 0 Å². The van der Waals surface area contributed by atoms with E-state index in [1.807, 2.05) is 12.1 Å². The highest BCUT2D eigenvalue weighted by Crippen LogP contribution is 2.25. The highest BCUT2D eigenvalue weighted by atomic mass is 16.5. The van der Waals surface area contributed by atoms with Crippen molar-refractivity contribution >= 4 is 11.4 Å². The van der Waals surface area contributed by atoms with Gasteiger partial charge in [-0.25, -0.2) is 0 Å². The van der Waals surface area contributed by atoms with Gasteiger partial charge in [0, 0.05) is 23.5 Å². The van der Waals surface area contributed by atoms with E-state index in [0.29, 0.717) is 17.1 Å². The van der Waals surface area contributed by atoms with Crippen LogP contribution in [0.1, 0.15) is 0 Å². The second-order valence-corrected chi connectivity index (χ2v) is 3.17. The topological polar surface area (TPSA) is 61.3 Å². The van der Waals surface area contributed by atoms with E-state index in [0.717, 1.165) is 5.75 Å². The maximum atomic E-state index is 5.65. The van der Waals surface area contributed by atoms with Gasteiger partial charge in [0.25, 0.3) is 0 Å². The summed E-state index contributed by atoms with van der Waals surface area (Å²) in [5, 5.41) is 0. The molecule has 0 heterocycles. The van der Waals surface area contributed by atoms with E-state index in [4.69, 9.17) is 16.2 Å². The summed E-state index contributed by atoms with van der Waals surface area (Å²) in [7, 11) is 0. The Morgan fingerprint density at radius 1 is 0.867 bits per heavy atom. The van der Waals surface area contributed by atoms with Gasteiger partial charge >= 0.3 is 0 Å². The third-order valence-corrected chi connectivity index (χ3v) is 1.87. The number of benzene rings is 2. The summed E-state index contributed by atoms with van der Waals surface area (Å²) in [5.41, 5.74) is 12.5. The molecule has 15 heavy (non-hydrogen) atoms. The van der Waals surface area contributed by atoms with Crippen molar-refractivity contribution in [1.82, 2.24) is 0 Å². The molecule has 2 aromatic carbocycles. The Labute approximate surface area is 88.3 Å². The lowest BCUT2D eigenvalue weighted by molar-refractivity contribution is 0.483. The lowest BCUT2D eigenvalue weighted by atomic mass is 10.2. The zero-order chi connectivity index (χ0) is 10.7. The zero-order valence-corrected chi connectivity index (χ0v) is 8.10. The molecule has 0 aliphatic carbocycles. The molecule has 0 spiro atoms. The van der Waals surface area contributed by atoms with Crippen LogP contribution in [-0.4, -0.2) is 0 Å². The summed E-state index contributed by atoms with van der Waals surface area (Å²) >= 11 is 0. The number of hydrogen-bond donors (Lipinski definition) is 2. The van der Waals surface area contributed by atoms with Crippen molar-refractivity contribution in [3.63, 3.8) is 0 Å². The zero-order valence-electron chi connectivity index (χ0n) is 8.10. The van der Waals surface area contributed by atoms with Gasteiger partial charge in [0.2, 0.25) is 0 Å². The molecule has 2 rings (SSSR count). The maximum absolute atomic E-state index is 5.65. The smallest absolute Gasteiger partial charge is 0.131 e. The molecule has 0 aliphatic heterocycles. The summed E-state index contributed by atoms with van der Waals surface area (Å²) in [6, 6.07) is 15.3. The molecule has 2 aromatic rings. The SMILES string of the molecule is Nc1cc(N)cc(Oc2cc[c]cc2)c1. The molecule has 0 atom stereocenters. The van der Waals surface area contributed by atoms with Gasteiger partial charge in [-0.2, -0.15) is 0 Å². The predicted molar refractivity (Wildman–Crippen MR) is 60.6 cm³/mol. The fourth-order valence-corrected chi connectivity index (χ4v) is 1.28. The van der Waals surface area contributed by atoms with Crippen LogP contribution in [0.15, 0.2) is 42.5 Å². The number of nitrogen functional groups attached to an aromatic ring is 2. The molecule has 0 saturated carbocycles. The van der Waals surface area contributed by atoms with Gasteiger partial charge in [0.05, 0.1) is 0 Å². The first-order valence-electron chi connectivity index (χ1n) is 4.54. The number of nitrogens with two attached hydrogens (primary N) is 2. The standard InChI is InChI=1S/C12H11N2O/c13-9-6-10(14)8-12(7-9)15-11-4-2-1-3-5-11/h2-8H,13-14H2. The largest absolute Gasteiger partial charge is 0.457 e. The Kier molecular flexibility index (Phi) is 2.46. The highest BCUT2D eigenvalue weighted by Gasteiger charge is 1.98. The molecule has 3 heteroatoms. The minimum absolute atomic E-state index is 0.590. The molecule has 4 N–H and O–H groups in total. The van der Waals surface area contributed by atoms with Gasteiger partial charge in [0.1, 0.15) is 11.5 Å². The molecule has 0 saturated heterocycles. The first kappa shape index (κ1) is 9.40. The van der Waals surface area contributed by atoms with Crippen LogP contribution < -0.4 is 16.2 Å². The molecular formula is C12H11N2O. The van der Waals surface area contributed by atoms with Crippen LogP contribution in [0.3, 0.4) is 0 Å². The van der Waals surface area contributed by atoms with Crippen LogP contribution in [-0.2, 0) is 0 Å². The normalized spacial score (nSPS) is 9.87. The van der Waals surface area contributed by atoms with Crippen molar-refractivity contribution < 1.29 is 4.74 Å². The lowest BCUT2D eigenvalue weighted by Crippen LogP contribution is -1.92. The van der Waals surface area contributed by atoms with Crippen LogP contribution in [0.2, 0.25) is 0 Å². The Morgan fingerprint density at radius 3 is 2.07 bits per heavy atom. The first-order chi connectivity index (χ1) is 7.24. The van der Waals surface area contributed by atoms with Crippen molar-refractivity contribution in [1.29, 1.82) is 0 Å². The van der Waals surface area contributed by atoms with Crippen LogP contribution in [0, 0.1) is 6.07 Å². The first-order valence-corrected chi connectivity index (χ1v) is 4.54. The summed E-state index contributed by atoms with van der Waals surface area (Å²) in [6.45, 7) is 0. The summed E-state index contributed by atoms with van der Waals surface area (Å²) in [6.07, 6.45) is 0. The van der Waals surface area contributed by atoms with E-state index in [2.05, 4.69) is 6.07 Å². The van der Waals surface area contributed by atoms with Gasteiger partial charge in [-0.05, 0) is 24.3 Å². The van der Waals surface area contributed by atoms with Gasteiger partial charge in [-0.3, -0.25) is 0 Å². The van der Waals surface area contributed by atoms with Gasteiger partial charge in [-0.1, -0.05) is 12.1 Å². The maximum Gasteiger partial charge on any atom is 0.131 e. The molecule has 1 radical (unpaired) electrons. The average Bonchev–Trinajstić information content (AvgIpc) is 2.17. The Bertz CT molecular complexity index is 434. The van der Waals surface area contributed by atoms with E-state index in [-0.39, 0.29) is 0 Å². The van der Waals surface area contributed by atoms with Crippen molar-refractivity contribution in [3.05, 3.63) is 48.5 Å². The Balaban J connectivity index is 2.25. The predicted octanol–water partition coefficient (Wildman–Crippen LogP) is 2.44. The monoisotopic (exact) mass is 199 g/mol. The molecule has 3 nitrogen and oxygen atoms in total. The number of hydrogen-bond acceptors (Lipinski definition) is 3. The van der Waals surface area contributed by atoms with Gasteiger partial charge in [-0.15, -0.1) is 0 Å². The fraction of sp³-hybridized carbons (Fsp3) is 0. The Morgan fingerprint density at radius 2 is 1.47 bits per heavy atom. The molecule has 0 bridgehead atoms. The Hall–Kier alpha value is -2.16. The molecule has 0 aliphatic rings. The lowest BCUT2D eigenvalue weighted by Gasteiger charge is -2.06.